The van der Waals surface area contributed by atoms with Crippen molar-refractivity contribution in [3.8, 4) is 23.0 Å². The van der Waals surface area contributed by atoms with Gasteiger partial charge in [-0.15, -0.1) is 0 Å². The predicted molar refractivity (Wildman–Crippen MR) is 132 cm³/mol. The molecule has 34 heavy (non-hydrogen) atoms. The smallest absolute Gasteiger partial charge is 0.268 e. The van der Waals surface area contributed by atoms with E-state index in [0.717, 1.165) is 10.6 Å². The van der Waals surface area contributed by atoms with Gasteiger partial charge in [0, 0.05) is 5.56 Å². The van der Waals surface area contributed by atoms with E-state index in [1.54, 1.807) is 12.1 Å². The fourth-order valence-electron chi connectivity index (χ4n) is 3.40. The van der Waals surface area contributed by atoms with Crippen LogP contribution in [-0.4, -0.2) is 30.2 Å². The Bertz CT molecular complexity index is 1120. The molecule has 0 unspecified atom stereocenters. The van der Waals surface area contributed by atoms with Crippen LogP contribution in [0.15, 0.2) is 54.6 Å². The minimum Gasteiger partial charge on any atom is -0.506 e. The number of aromatic hydroxyl groups is 1. The molecule has 0 saturated heterocycles. The quantitative estimate of drug-likeness (QED) is 0.244. The molecule has 1 amide bonds. The fraction of sp³-hybridized carbons (Fsp3) is 0.269. The van der Waals surface area contributed by atoms with Crippen molar-refractivity contribution >= 4 is 17.5 Å². The van der Waals surface area contributed by atoms with E-state index in [1.807, 2.05) is 12.1 Å². The van der Waals surface area contributed by atoms with Crippen LogP contribution < -0.4 is 20.1 Å². The van der Waals surface area contributed by atoms with Crippen LogP contribution in [-0.2, 0) is 13.2 Å². The van der Waals surface area contributed by atoms with Gasteiger partial charge in [-0.25, -0.2) is 5.84 Å². The molecule has 8 heteroatoms. The Morgan fingerprint density at radius 1 is 1.00 bits per heavy atom. The Labute approximate surface area is 204 Å². The van der Waals surface area contributed by atoms with Crippen molar-refractivity contribution in [1.29, 1.82) is 0 Å². The van der Waals surface area contributed by atoms with E-state index >= 15 is 0 Å². The largest absolute Gasteiger partial charge is 0.506 e. The average Bonchev–Trinajstić information content (AvgIpc) is 2.83. The Morgan fingerprint density at radius 3 is 2.15 bits per heavy atom. The minimum absolute atomic E-state index is 0.0722. The highest BCUT2D eigenvalue weighted by molar-refractivity contribution is 6.32. The van der Waals surface area contributed by atoms with Gasteiger partial charge in [-0.1, -0.05) is 49.7 Å². The third-order valence-electron chi connectivity index (χ3n) is 5.36. The molecular formula is C26H29ClN2O5. The van der Waals surface area contributed by atoms with Crippen LogP contribution in [0, 0.1) is 0 Å². The van der Waals surface area contributed by atoms with Crippen molar-refractivity contribution in [2.75, 3.05) is 14.2 Å². The van der Waals surface area contributed by atoms with E-state index in [4.69, 9.17) is 31.7 Å². The van der Waals surface area contributed by atoms with Crippen molar-refractivity contribution in [2.45, 2.75) is 32.9 Å². The summed E-state index contributed by atoms with van der Waals surface area (Å²) in [6.45, 7) is 4.73. The topological polar surface area (TPSA) is 94.3 Å². The average molecular weight is 485 g/mol. The predicted octanol–water partition coefficient (Wildman–Crippen LogP) is 5.28. The Hall–Kier alpha value is -3.42. The van der Waals surface area contributed by atoms with E-state index in [9.17, 15) is 9.90 Å². The molecule has 3 rings (SSSR count). The maximum Gasteiger partial charge on any atom is 0.268 e. The number of carbonyl (C=O) groups is 1. The first-order valence-electron chi connectivity index (χ1n) is 10.7. The SMILES string of the molecule is COc1cc(CN(N)C(=O)c2ccc(O)c(Cl)c2)cc(OC)c1OCc1ccc(C(C)C)cc1. The van der Waals surface area contributed by atoms with Crippen molar-refractivity contribution in [1.82, 2.24) is 5.01 Å². The number of hydrogen-bond acceptors (Lipinski definition) is 6. The summed E-state index contributed by atoms with van der Waals surface area (Å²) in [7, 11) is 3.07. The second kappa shape index (κ2) is 11.1. The molecule has 0 fully saturated rings. The molecule has 0 bridgehead atoms. The second-order valence-electron chi connectivity index (χ2n) is 8.11. The Morgan fingerprint density at radius 2 is 1.62 bits per heavy atom. The first-order valence-corrected chi connectivity index (χ1v) is 11.1. The highest BCUT2D eigenvalue weighted by atomic mass is 35.5. The number of methoxy groups -OCH3 is 2. The molecule has 3 aromatic rings. The zero-order valence-electron chi connectivity index (χ0n) is 19.7. The summed E-state index contributed by atoms with van der Waals surface area (Å²) in [6, 6.07) is 15.9. The van der Waals surface area contributed by atoms with E-state index in [1.165, 1.54) is 38.0 Å². The molecule has 0 aliphatic heterocycles. The van der Waals surface area contributed by atoms with Crippen LogP contribution in [0.1, 0.15) is 46.8 Å². The number of phenols is 1. The molecule has 7 nitrogen and oxygen atoms in total. The van der Waals surface area contributed by atoms with Gasteiger partial charge in [0.15, 0.2) is 11.5 Å². The summed E-state index contributed by atoms with van der Waals surface area (Å²) in [5, 5.41) is 10.7. The molecule has 0 saturated carbocycles. The van der Waals surface area contributed by atoms with Gasteiger partial charge in [0.1, 0.15) is 12.4 Å². The molecule has 0 atom stereocenters. The van der Waals surface area contributed by atoms with Crippen LogP contribution in [0.5, 0.6) is 23.0 Å². The highest BCUT2D eigenvalue weighted by Gasteiger charge is 2.19. The van der Waals surface area contributed by atoms with Crippen molar-refractivity contribution < 1.29 is 24.1 Å². The third kappa shape index (κ3) is 5.92. The van der Waals surface area contributed by atoms with Crippen LogP contribution in [0.4, 0.5) is 0 Å². The lowest BCUT2D eigenvalue weighted by molar-refractivity contribution is 0.0742. The summed E-state index contributed by atoms with van der Waals surface area (Å²) in [5.74, 6) is 7.30. The highest BCUT2D eigenvalue weighted by Crippen LogP contribution is 2.39. The molecule has 3 N–H and O–H groups in total. The van der Waals surface area contributed by atoms with Crippen molar-refractivity contribution in [2.24, 2.45) is 5.84 Å². The maximum atomic E-state index is 12.7. The molecule has 0 heterocycles. The molecular weight excluding hydrogens is 456 g/mol. The molecule has 0 aromatic heterocycles. The Kier molecular flexibility index (Phi) is 8.26. The second-order valence-corrected chi connectivity index (χ2v) is 8.52. The van der Waals surface area contributed by atoms with Gasteiger partial charge >= 0.3 is 0 Å². The third-order valence-corrected chi connectivity index (χ3v) is 5.66. The maximum absolute atomic E-state index is 12.7. The Balaban J connectivity index is 1.77. The number of amides is 1. The number of rotatable bonds is 9. The zero-order valence-corrected chi connectivity index (χ0v) is 20.4. The number of benzene rings is 3. The number of carbonyl (C=O) groups excluding carboxylic acids is 1. The lowest BCUT2D eigenvalue weighted by Gasteiger charge is -2.20. The lowest BCUT2D eigenvalue weighted by Crippen LogP contribution is -2.36. The number of hydrogen-bond donors (Lipinski definition) is 2. The summed E-state index contributed by atoms with van der Waals surface area (Å²) < 4.78 is 17.1. The van der Waals surface area contributed by atoms with Gasteiger partial charge < -0.3 is 19.3 Å². The standard InChI is InChI=1S/C26H29ClN2O5/c1-16(2)19-7-5-17(6-8-19)15-34-25-23(32-3)11-18(12-24(25)33-4)14-29(28)26(31)20-9-10-22(30)21(27)13-20/h5-13,16,30H,14-15,28H2,1-4H3. The van der Waals surface area contributed by atoms with Gasteiger partial charge in [-0.3, -0.25) is 9.80 Å². The molecule has 3 aromatic carbocycles. The minimum atomic E-state index is -0.454. The van der Waals surface area contributed by atoms with Crippen LogP contribution in [0.3, 0.4) is 0 Å². The molecule has 0 radical (unpaired) electrons. The van der Waals surface area contributed by atoms with E-state index in [0.29, 0.717) is 35.3 Å². The first-order chi connectivity index (χ1) is 16.2. The fourth-order valence-corrected chi connectivity index (χ4v) is 3.58. The van der Waals surface area contributed by atoms with Crippen LogP contribution in [0.2, 0.25) is 5.02 Å². The van der Waals surface area contributed by atoms with Gasteiger partial charge in [-0.2, -0.15) is 0 Å². The first kappa shape index (κ1) is 25.2. The van der Waals surface area contributed by atoms with Crippen molar-refractivity contribution in [3.63, 3.8) is 0 Å². The summed E-state index contributed by atoms with van der Waals surface area (Å²) in [5.41, 5.74) is 3.22. The molecule has 0 aliphatic rings. The number of hydrazine groups is 1. The lowest BCUT2D eigenvalue weighted by atomic mass is 10.0. The van der Waals surface area contributed by atoms with Gasteiger partial charge in [-0.05, 0) is 52.9 Å². The van der Waals surface area contributed by atoms with Crippen LogP contribution >= 0.6 is 11.6 Å². The van der Waals surface area contributed by atoms with Crippen LogP contribution in [0.25, 0.3) is 0 Å². The number of ether oxygens (including phenoxy) is 3. The van der Waals surface area contributed by atoms with E-state index < -0.39 is 5.91 Å². The number of phenolic OH excluding ortho intramolecular Hbond substituents is 1. The number of halogens is 1. The van der Waals surface area contributed by atoms with Gasteiger partial charge in [0.05, 0.1) is 25.8 Å². The van der Waals surface area contributed by atoms with E-state index in [2.05, 4.69) is 26.0 Å². The van der Waals surface area contributed by atoms with Crippen molar-refractivity contribution in [3.05, 3.63) is 81.9 Å². The molecule has 0 spiro atoms. The molecule has 0 aliphatic carbocycles. The normalized spacial score (nSPS) is 10.8. The van der Waals surface area contributed by atoms with Gasteiger partial charge in [0.25, 0.3) is 5.91 Å². The molecule has 180 valence electrons. The number of nitrogens with zero attached hydrogens (tertiary/aromatic N) is 1. The summed E-state index contributed by atoms with van der Waals surface area (Å²) in [6.07, 6.45) is 0. The summed E-state index contributed by atoms with van der Waals surface area (Å²) in [4.78, 5) is 12.7. The number of nitrogens with two attached hydrogens (primary N) is 1. The van der Waals surface area contributed by atoms with Gasteiger partial charge in [0.2, 0.25) is 5.75 Å². The summed E-state index contributed by atoms with van der Waals surface area (Å²) >= 11 is 5.91. The van der Waals surface area contributed by atoms with E-state index in [-0.39, 0.29) is 22.9 Å². The zero-order chi connectivity index (χ0) is 24.8. The monoisotopic (exact) mass is 484 g/mol.